The number of phenolic OH excluding ortho intramolecular Hbond substituents is 2. The number of phenols is 2. The number of aryl methyl sites for hydroxylation is 2. The molecule has 172 valence electrons. The Morgan fingerprint density at radius 1 is 0.677 bits per heavy atom. The van der Waals surface area contributed by atoms with E-state index in [1.165, 1.54) is 12.1 Å². The molecule has 4 nitrogen and oxygen atoms in total. The van der Waals surface area contributed by atoms with Crippen LogP contribution in [0.4, 0.5) is 0 Å². The van der Waals surface area contributed by atoms with Gasteiger partial charge in [0.2, 0.25) is 9.84 Å². The molecule has 0 aliphatic heterocycles. The molecule has 0 fully saturated rings. The predicted octanol–water partition coefficient (Wildman–Crippen LogP) is 6.67. The molecule has 0 saturated carbocycles. The molecule has 2 rings (SSSR count). The minimum absolute atomic E-state index is 0.0665. The summed E-state index contributed by atoms with van der Waals surface area (Å²) in [5, 5.41) is 20.1. The average molecular weight is 447 g/mol. The van der Waals surface area contributed by atoms with E-state index in [4.69, 9.17) is 0 Å². The fourth-order valence-electron chi connectivity index (χ4n) is 3.85. The van der Waals surface area contributed by atoms with Gasteiger partial charge in [-0.2, -0.15) is 0 Å². The van der Waals surface area contributed by atoms with Gasteiger partial charge in [-0.15, -0.1) is 0 Å². The number of sulfone groups is 1. The molecule has 0 aliphatic rings. The summed E-state index contributed by atoms with van der Waals surface area (Å²) >= 11 is 0. The van der Waals surface area contributed by atoms with Crippen LogP contribution in [0.3, 0.4) is 0 Å². The molecular weight excluding hydrogens is 408 g/mol. The van der Waals surface area contributed by atoms with Crippen LogP contribution in [0.1, 0.15) is 77.3 Å². The summed E-state index contributed by atoms with van der Waals surface area (Å²) in [6, 6.07) is 9.21. The van der Waals surface area contributed by atoms with Crippen LogP contribution >= 0.6 is 0 Å². The van der Waals surface area contributed by atoms with E-state index in [-0.39, 0.29) is 21.3 Å². The van der Waals surface area contributed by atoms with E-state index in [1.54, 1.807) is 24.3 Å². The fraction of sp³-hybridized carbons (Fsp3) is 0.538. The lowest BCUT2D eigenvalue weighted by Gasteiger charge is -2.15. The standard InChI is InChI=1S/C26H38O4S/c1-19(2)9-5-7-11-21-13-15-23(27)17-25(21)31(29,30)26-18-24(28)16-14-22(26)12-8-6-10-20(3)4/h13-20,27-28H,5-12H2,1-4H3. The second-order valence-electron chi connectivity index (χ2n) is 9.37. The van der Waals surface area contributed by atoms with E-state index in [0.717, 1.165) is 49.7 Å². The van der Waals surface area contributed by atoms with Gasteiger partial charge in [0.25, 0.3) is 0 Å². The summed E-state index contributed by atoms with van der Waals surface area (Å²) < 4.78 is 27.3. The predicted molar refractivity (Wildman–Crippen MR) is 126 cm³/mol. The first kappa shape index (κ1) is 25.3. The van der Waals surface area contributed by atoms with Crippen molar-refractivity contribution in [2.45, 2.75) is 88.9 Å². The van der Waals surface area contributed by atoms with E-state index < -0.39 is 9.84 Å². The highest BCUT2D eigenvalue weighted by Gasteiger charge is 2.25. The third-order valence-corrected chi connectivity index (χ3v) is 7.55. The zero-order chi connectivity index (χ0) is 23.0. The monoisotopic (exact) mass is 446 g/mol. The number of benzene rings is 2. The molecule has 0 heterocycles. The lowest BCUT2D eigenvalue weighted by molar-refractivity contribution is 0.471. The molecule has 0 saturated heterocycles. The van der Waals surface area contributed by atoms with Crippen molar-refractivity contribution in [2.75, 3.05) is 0 Å². The summed E-state index contributed by atoms with van der Waals surface area (Å²) in [5.74, 6) is 1.11. The molecular formula is C26H38O4S. The van der Waals surface area contributed by atoms with Crippen LogP contribution in [0.15, 0.2) is 46.2 Å². The van der Waals surface area contributed by atoms with Crippen LogP contribution in [-0.4, -0.2) is 18.6 Å². The molecule has 2 aromatic carbocycles. The van der Waals surface area contributed by atoms with Crippen LogP contribution in [0.2, 0.25) is 0 Å². The van der Waals surface area contributed by atoms with Gasteiger partial charge in [-0.05, 0) is 72.9 Å². The van der Waals surface area contributed by atoms with Crippen molar-refractivity contribution in [1.29, 1.82) is 0 Å². The van der Waals surface area contributed by atoms with Crippen LogP contribution < -0.4 is 0 Å². The number of unbranched alkanes of at least 4 members (excludes halogenated alkanes) is 2. The van der Waals surface area contributed by atoms with Gasteiger partial charge < -0.3 is 10.2 Å². The summed E-state index contributed by atoms with van der Waals surface area (Å²) in [5.41, 5.74) is 1.44. The highest BCUT2D eigenvalue weighted by molar-refractivity contribution is 7.91. The Kier molecular flexibility index (Phi) is 9.42. The van der Waals surface area contributed by atoms with Crippen LogP contribution in [0.25, 0.3) is 0 Å². The molecule has 5 heteroatoms. The molecule has 0 unspecified atom stereocenters. The smallest absolute Gasteiger partial charge is 0.207 e. The molecule has 0 aromatic heterocycles. The normalized spacial score (nSPS) is 12.1. The number of hydrogen-bond donors (Lipinski definition) is 2. The topological polar surface area (TPSA) is 74.6 Å². The van der Waals surface area contributed by atoms with Gasteiger partial charge >= 0.3 is 0 Å². The SMILES string of the molecule is CC(C)CCCCc1ccc(O)cc1S(=O)(=O)c1cc(O)ccc1CCCCC(C)C. The highest BCUT2D eigenvalue weighted by atomic mass is 32.2. The molecule has 0 bridgehead atoms. The molecule has 31 heavy (non-hydrogen) atoms. The van der Waals surface area contributed by atoms with Crippen molar-refractivity contribution in [3.05, 3.63) is 47.5 Å². The zero-order valence-electron chi connectivity index (χ0n) is 19.4. The quantitative estimate of drug-likeness (QED) is 0.357. The van der Waals surface area contributed by atoms with Gasteiger partial charge in [-0.1, -0.05) is 65.5 Å². The lowest BCUT2D eigenvalue weighted by atomic mass is 10.0. The van der Waals surface area contributed by atoms with E-state index in [1.807, 2.05) is 0 Å². The molecule has 2 N–H and O–H groups in total. The lowest BCUT2D eigenvalue weighted by Crippen LogP contribution is -2.09. The number of rotatable bonds is 12. The van der Waals surface area contributed by atoms with Crippen molar-refractivity contribution >= 4 is 9.84 Å². The van der Waals surface area contributed by atoms with Gasteiger partial charge in [0.05, 0.1) is 9.79 Å². The largest absolute Gasteiger partial charge is 0.508 e. The second-order valence-corrected chi connectivity index (χ2v) is 11.3. The minimum atomic E-state index is -3.87. The van der Waals surface area contributed by atoms with Gasteiger partial charge in [-0.25, -0.2) is 8.42 Å². The Bertz CT molecular complexity index is 874. The van der Waals surface area contributed by atoms with Gasteiger partial charge in [0.15, 0.2) is 0 Å². The van der Waals surface area contributed by atoms with Crippen molar-refractivity contribution in [2.24, 2.45) is 11.8 Å². The van der Waals surface area contributed by atoms with E-state index >= 15 is 0 Å². The maximum Gasteiger partial charge on any atom is 0.207 e. The first-order valence-electron chi connectivity index (χ1n) is 11.5. The maximum atomic E-state index is 13.6. The van der Waals surface area contributed by atoms with Gasteiger partial charge in [0.1, 0.15) is 11.5 Å². The Hall–Kier alpha value is -2.01. The van der Waals surface area contributed by atoms with Crippen LogP contribution in [0, 0.1) is 11.8 Å². The molecule has 0 aliphatic carbocycles. The second kappa shape index (κ2) is 11.6. The molecule has 2 aromatic rings. The zero-order valence-corrected chi connectivity index (χ0v) is 20.2. The molecule has 0 radical (unpaired) electrons. The van der Waals surface area contributed by atoms with Gasteiger partial charge in [-0.3, -0.25) is 0 Å². The van der Waals surface area contributed by atoms with Crippen molar-refractivity contribution < 1.29 is 18.6 Å². The van der Waals surface area contributed by atoms with Gasteiger partial charge in [0, 0.05) is 0 Å². The average Bonchev–Trinajstić information content (AvgIpc) is 2.69. The number of aromatic hydroxyl groups is 2. The third kappa shape index (κ3) is 7.57. The first-order chi connectivity index (χ1) is 14.6. The summed E-state index contributed by atoms with van der Waals surface area (Å²) in [6.45, 7) is 8.73. The molecule has 0 atom stereocenters. The number of hydrogen-bond acceptors (Lipinski definition) is 4. The van der Waals surface area contributed by atoms with Crippen LogP contribution in [-0.2, 0) is 22.7 Å². The molecule has 0 spiro atoms. The summed E-state index contributed by atoms with van der Waals surface area (Å²) in [6.07, 6.45) is 7.35. The Morgan fingerprint density at radius 3 is 1.42 bits per heavy atom. The van der Waals surface area contributed by atoms with Crippen LogP contribution in [0.5, 0.6) is 11.5 Å². The Labute approximate surface area is 188 Å². The van der Waals surface area contributed by atoms with E-state index in [0.29, 0.717) is 24.7 Å². The Morgan fingerprint density at radius 2 is 1.06 bits per heavy atom. The van der Waals surface area contributed by atoms with E-state index in [9.17, 15) is 18.6 Å². The summed E-state index contributed by atoms with van der Waals surface area (Å²) in [4.78, 5) is 0.289. The highest BCUT2D eigenvalue weighted by Crippen LogP contribution is 2.33. The third-order valence-electron chi connectivity index (χ3n) is 5.64. The molecule has 0 amide bonds. The minimum Gasteiger partial charge on any atom is -0.508 e. The fourth-order valence-corrected chi connectivity index (χ4v) is 5.67. The van der Waals surface area contributed by atoms with E-state index in [2.05, 4.69) is 27.7 Å². The maximum absolute atomic E-state index is 13.6. The summed E-state index contributed by atoms with van der Waals surface area (Å²) in [7, 11) is -3.87. The Balaban J connectivity index is 2.34. The van der Waals surface area contributed by atoms with Crippen molar-refractivity contribution in [1.82, 2.24) is 0 Å². The first-order valence-corrected chi connectivity index (χ1v) is 13.0. The van der Waals surface area contributed by atoms with Crippen molar-refractivity contribution in [3.8, 4) is 11.5 Å². The van der Waals surface area contributed by atoms with Crippen molar-refractivity contribution in [3.63, 3.8) is 0 Å².